The molecule has 7 heteroatoms. The lowest BCUT2D eigenvalue weighted by molar-refractivity contribution is -0.139. The third-order valence-corrected chi connectivity index (χ3v) is 2.90. The zero-order valence-corrected chi connectivity index (χ0v) is 12.0. The number of carboxylic acid groups (broad SMARTS) is 1. The number of aliphatic carboxylic acids is 1. The van der Waals surface area contributed by atoms with Crippen LogP contribution in [0.3, 0.4) is 0 Å². The number of para-hydroxylation sites is 1. The van der Waals surface area contributed by atoms with Crippen LogP contribution in [0, 0.1) is 0 Å². The Balaban J connectivity index is 2.10. The van der Waals surface area contributed by atoms with E-state index in [4.69, 9.17) is 14.6 Å². The quantitative estimate of drug-likeness (QED) is 0.800. The predicted octanol–water partition coefficient (Wildman–Crippen LogP) is 1.57. The summed E-state index contributed by atoms with van der Waals surface area (Å²) in [5, 5.41) is 18.7. The van der Waals surface area contributed by atoms with Crippen LogP contribution in [0.1, 0.15) is 23.8 Å². The van der Waals surface area contributed by atoms with E-state index in [1.54, 1.807) is 36.5 Å². The predicted molar refractivity (Wildman–Crippen MR) is 76.6 cm³/mol. The Morgan fingerprint density at radius 1 is 1.32 bits per heavy atom. The van der Waals surface area contributed by atoms with E-state index in [9.17, 15) is 9.90 Å². The molecular weight excluding hydrogens is 288 g/mol. The lowest BCUT2D eigenvalue weighted by Crippen LogP contribution is -2.08. The highest BCUT2D eigenvalue weighted by Gasteiger charge is 2.16. The van der Waals surface area contributed by atoms with Gasteiger partial charge in [0.25, 0.3) is 0 Å². The molecule has 1 atom stereocenters. The van der Waals surface area contributed by atoms with Gasteiger partial charge in [-0.3, -0.25) is 4.79 Å². The first-order valence-corrected chi connectivity index (χ1v) is 6.57. The normalized spacial score (nSPS) is 11.7. The molecule has 1 aromatic carbocycles. The third kappa shape index (κ3) is 4.16. The summed E-state index contributed by atoms with van der Waals surface area (Å²) in [6, 6.07) is 8.66. The number of nitrogens with zero attached hydrogens (tertiary/aromatic N) is 2. The molecule has 0 aliphatic heterocycles. The molecule has 0 fully saturated rings. The van der Waals surface area contributed by atoms with Crippen molar-refractivity contribution in [1.82, 2.24) is 9.97 Å². The van der Waals surface area contributed by atoms with Gasteiger partial charge in [-0.2, -0.15) is 4.98 Å². The number of aliphatic hydroxyl groups excluding tert-OH is 1. The van der Waals surface area contributed by atoms with Crippen LogP contribution in [0.5, 0.6) is 11.8 Å². The summed E-state index contributed by atoms with van der Waals surface area (Å²) < 4.78 is 10.6. The summed E-state index contributed by atoms with van der Waals surface area (Å²) >= 11 is 0. The number of ether oxygens (including phenoxy) is 2. The van der Waals surface area contributed by atoms with Crippen molar-refractivity contribution in [2.45, 2.75) is 19.1 Å². The average Bonchev–Trinajstić information content (AvgIpc) is 2.52. The third-order valence-electron chi connectivity index (χ3n) is 2.90. The van der Waals surface area contributed by atoms with Crippen molar-refractivity contribution >= 4 is 5.97 Å². The van der Waals surface area contributed by atoms with Gasteiger partial charge >= 0.3 is 12.0 Å². The first-order valence-electron chi connectivity index (χ1n) is 6.57. The number of hydrogen-bond acceptors (Lipinski definition) is 6. The number of rotatable bonds is 7. The number of carboxylic acids is 1. The molecule has 1 aromatic heterocycles. The topological polar surface area (TPSA) is 102 Å². The van der Waals surface area contributed by atoms with E-state index < -0.39 is 12.1 Å². The monoisotopic (exact) mass is 304 g/mol. The van der Waals surface area contributed by atoms with Crippen LogP contribution >= 0.6 is 0 Å². The van der Waals surface area contributed by atoms with Crippen molar-refractivity contribution in [3.05, 3.63) is 47.8 Å². The summed E-state index contributed by atoms with van der Waals surface area (Å²) in [7, 11) is 1.47. The van der Waals surface area contributed by atoms with Crippen molar-refractivity contribution in [1.29, 1.82) is 0 Å². The maximum atomic E-state index is 10.7. The zero-order valence-electron chi connectivity index (χ0n) is 12.0. The molecule has 0 spiro atoms. The van der Waals surface area contributed by atoms with Crippen LogP contribution in [-0.2, 0) is 11.4 Å². The van der Waals surface area contributed by atoms with E-state index >= 15 is 0 Å². The lowest BCUT2D eigenvalue weighted by atomic mass is 10.1. The number of aromatic nitrogens is 2. The lowest BCUT2D eigenvalue weighted by Gasteiger charge is -2.14. The van der Waals surface area contributed by atoms with Crippen LogP contribution in [0.15, 0.2) is 36.5 Å². The Morgan fingerprint density at radius 3 is 2.82 bits per heavy atom. The maximum Gasteiger partial charge on any atom is 0.316 e. The number of methoxy groups -OCH3 is 1. The highest BCUT2D eigenvalue weighted by atomic mass is 16.5. The highest BCUT2D eigenvalue weighted by molar-refractivity contribution is 5.67. The fourth-order valence-electron chi connectivity index (χ4n) is 1.87. The maximum absolute atomic E-state index is 10.7. The van der Waals surface area contributed by atoms with Crippen LogP contribution < -0.4 is 9.47 Å². The van der Waals surface area contributed by atoms with Gasteiger partial charge in [-0.1, -0.05) is 18.2 Å². The van der Waals surface area contributed by atoms with Gasteiger partial charge in [-0.25, -0.2) is 4.98 Å². The molecule has 0 radical (unpaired) electrons. The van der Waals surface area contributed by atoms with E-state index in [0.29, 0.717) is 17.0 Å². The fourth-order valence-corrected chi connectivity index (χ4v) is 1.87. The molecule has 0 saturated carbocycles. The molecule has 0 bridgehead atoms. The van der Waals surface area contributed by atoms with Gasteiger partial charge in [-0.05, 0) is 12.1 Å². The first-order chi connectivity index (χ1) is 10.6. The summed E-state index contributed by atoms with van der Waals surface area (Å²) in [6.07, 6.45) is 0.0332. The van der Waals surface area contributed by atoms with Gasteiger partial charge in [0, 0.05) is 11.8 Å². The van der Waals surface area contributed by atoms with E-state index in [1.165, 1.54) is 7.11 Å². The molecule has 1 unspecified atom stereocenters. The van der Waals surface area contributed by atoms with Crippen LogP contribution in [0.2, 0.25) is 0 Å². The van der Waals surface area contributed by atoms with Crippen LogP contribution in [0.4, 0.5) is 0 Å². The summed E-state index contributed by atoms with van der Waals surface area (Å²) in [5.41, 5.74) is 1.03. The SMILES string of the molecule is COc1nccc(COc2ccccc2C(O)CC(=O)O)n1. The molecule has 2 N–H and O–H groups in total. The fraction of sp³-hybridized carbons (Fsp3) is 0.267. The molecule has 0 aliphatic carbocycles. The van der Waals surface area contributed by atoms with Crippen LogP contribution in [-0.4, -0.2) is 33.3 Å². The van der Waals surface area contributed by atoms with Crippen molar-refractivity contribution in [2.75, 3.05) is 7.11 Å². The molecule has 116 valence electrons. The van der Waals surface area contributed by atoms with Crippen LogP contribution in [0.25, 0.3) is 0 Å². The second-order valence-electron chi connectivity index (χ2n) is 4.47. The van der Waals surface area contributed by atoms with E-state index in [1.807, 2.05) is 0 Å². The Morgan fingerprint density at radius 2 is 2.09 bits per heavy atom. The minimum absolute atomic E-state index is 0.148. The average molecular weight is 304 g/mol. The summed E-state index contributed by atoms with van der Waals surface area (Å²) in [4.78, 5) is 18.7. The molecule has 2 aromatic rings. The van der Waals surface area contributed by atoms with Gasteiger partial charge in [0.2, 0.25) is 0 Å². The largest absolute Gasteiger partial charge is 0.487 e. The summed E-state index contributed by atoms with van der Waals surface area (Å²) in [5.74, 6) is -0.670. The Hall–Kier alpha value is -2.67. The van der Waals surface area contributed by atoms with Crippen molar-refractivity contribution in [3.8, 4) is 11.8 Å². The minimum Gasteiger partial charge on any atom is -0.487 e. The molecule has 1 heterocycles. The number of carbonyl (C=O) groups is 1. The smallest absolute Gasteiger partial charge is 0.316 e. The van der Waals surface area contributed by atoms with Gasteiger partial charge in [0.15, 0.2) is 0 Å². The van der Waals surface area contributed by atoms with E-state index in [2.05, 4.69) is 9.97 Å². The Bertz CT molecular complexity index is 647. The van der Waals surface area contributed by atoms with Crippen molar-refractivity contribution in [3.63, 3.8) is 0 Å². The van der Waals surface area contributed by atoms with Gasteiger partial charge in [0.05, 0.1) is 25.3 Å². The second kappa shape index (κ2) is 7.37. The van der Waals surface area contributed by atoms with Gasteiger partial charge in [0.1, 0.15) is 12.4 Å². The molecule has 22 heavy (non-hydrogen) atoms. The standard InChI is InChI=1S/C15H16N2O5/c1-21-15-16-7-6-10(17-15)9-22-13-5-3-2-4-11(13)12(18)8-14(19)20/h2-7,12,18H,8-9H2,1H3,(H,19,20). The molecular formula is C15H16N2O5. The van der Waals surface area contributed by atoms with Crippen molar-refractivity contribution in [2.24, 2.45) is 0 Å². The Kier molecular flexibility index (Phi) is 5.26. The second-order valence-corrected chi connectivity index (χ2v) is 4.47. The van der Waals surface area contributed by atoms with E-state index in [-0.39, 0.29) is 19.0 Å². The first kappa shape index (κ1) is 15.7. The minimum atomic E-state index is -1.13. The molecule has 0 aliphatic rings. The zero-order chi connectivity index (χ0) is 15.9. The van der Waals surface area contributed by atoms with Gasteiger partial charge < -0.3 is 19.7 Å². The molecule has 7 nitrogen and oxygen atoms in total. The number of aliphatic hydroxyl groups is 1. The number of benzene rings is 1. The van der Waals surface area contributed by atoms with Crippen molar-refractivity contribution < 1.29 is 24.5 Å². The number of hydrogen-bond donors (Lipinski definition) is 2. The van der Waals surface area contributed by atoms with Gasteiger partial charge in [-0.15, -0.1) is 0 Å². The Labute approximate surface area is 127 Å². The molecule has 0 amide bonds. The van der Waals surface area contributed by atoms with E-state index in [0.717, 1.165) is 0 Å². The molecule has 0 saturated heterocycles. The molecule has 2 rings (SSSR count). The summed E-state index contributed by atoms with van der Waals surface area (Å²) in [6.45, 7) is 0.148. The highest BCUT2D eigenvalue weighted by Crippen LogP contribution is 2.27.